The Labute approximate surface area is 105 Å². The monoisotopic (exact) mass is 242 g/mol. The lowest BCUT2D eigenvalue weighted by Crippen LogP contribution is -2.43. The van der Waals surface area contributed by atoms with Gasteiger partial charge < -0.3 is 10.0 Å². The van der Waals surface area contributed by atoms with Crippen molar-refractivity contribution in [3.8, 4) is 0 Å². The zero-order valence-corrected chi connectivity index (χ0v) is 11.2. The molecule has 1 amide bonds. The fraction of sp³-hybridized carbons (Fsp3) is 0.923. The summed E-state index contributed by atoms with van der Waals surface area (Å²) in [4.78, 5) is 16.1. The Bertz CT molecular complexity index is 221. The number of aliphatic hydroxyl groups excluding tert-OH is 1. The number of hydrogen-bond donors (Lipinski definition) is 1. The van der Waals surface area contributed by atoms with Crippen LogP contribution in [0.25, 0.3) is 0 Å². The van der Waals surface area contributed by atoms with Crippen LogP contribution in [0.4, 0.5) is 0 Å². The second-order valence-corrected chi connectivity index (χ2v) is 4.80. The number of aliphatic hydroxyl groups is 1. The van der Waals surface area contributed by atoms with E-state index in [1.54, 1.807) is 0 Å². The zero-order chi connectivity index (χ0) is 12.7. The van der Waals surface area contributed by atoms with Gasteiger partial charge in [0.2, 0.25) is 5.91 Å². The minimum absolute atomic E-state index is 0.246. The molecular formula is C13H26N2O2. The van der Waals surface area contributed by atoms with Gasteiger partial charge in [-0.05, 0) is 52.1 Å². The molecule has 4 nitrogen and oxygen atoms in total. The van der Waals surface area contributed by atoms with Gasteiger partial charge in [0.25, 0.3) is 0 Å². The van der Waals surface area contributed by atoms with Crippen LogP contribution < -0.4 is 0 Å². The first-order valence-electron chi connectivity index (χ1n) is 6.82. The summed E-state index contributed by atoms with van der Waals surface area (Å²) in [7, 11) is 0. The van der Waals surface area contributed by atoms with E-state index in [-0.39, 0.29) is 5.91 Å². The van der Waals surface area contributed by atoms with Crippen molar-refractivity contribution in [3.05, 3.63) is 0 Å². The van der Waals surface area contributed by atoms with E-state index in [4.69, 9.17) is 5.11 Å². The predicted molar refractivity (Wildman–Crippen MR) is 68.8 cm³/mol. The Balaban J connectivity index is 2.27. The number of likely N-dealkylation sites (tertiary alicyclic amines) is 1. The van der Waals surface area contributed by atoms with Crippen LogP contribution >= 0.6 is 0 Å². The van der Waals surface area contributed by atoms with Crippen LogP contribution in [0.3, 0.4) is 0 Å². The first kappa shape index (κ1) is 14.5. The average molecular weight is 242 g/mol. The summed E-state index contributed by atoms with van der Waals surface area (Å²) in [6, 6.07) is 0. The lowest BCUT2D eigenvalue weighted by Gasteiger charge is -2.32. The average Bonchev–Trinajstić information content (AvgIpc) is 2.33. The highest BCUT2D eigenvalue weighted by atomic mass is 16.3. The van der Waals surface area contributed by atoms with Crippen molar-refractivity contribution in [2.75, 3.05) is 39.3 Å². The minimum Gasteiger partial charge on any atom is -0.396 e. The summed E-state index contributed by atoms with van der Waals surface area (Å²) in [5.41, 5.74) is 0. The van der Waals surface area contributed by atoms with Gasteiger partial charge in [-0.3, -0.25) is 9.69 Å². The number of likely N-dealkylation sites (N-methyl/N-ethyl adjacent to an activating group) is 1. The van der Waals surface area contributed by atoms with Gasteiger partial charge in [0, 0.05) is 19.7 Å². The molecule has 1 aliphatic heterocycles. The van der Waals surface area contributed by atoms with E-state index in [1.165, 1.54) is 0 Å². The summed E-state index contributed by atoms with van der Waals surface area (Å²) in [6.07, 6.45) is 3.15. The van der Waals surface area contributed by atoms with Crippen LogP contribution in [0.5, 0.6) is 0 Å². The van der Waals surface area contributed by atoms with E-state index in [0.29, 0.717) is 19.1 Å². The van der Waals surface area contributed by atoms with Crippen LogP contribution in [-0.4, -0.2) is 60.1 Å². The highest BCUT2D eigenvalue weighted by molar-refractivity contribution is 5.78. The summed E-state index contributed by atoms with van der Waals surface area (Å²) < 4.78 is 0. The molecular weight excluding hydrogens is 216 g/mol. The maximum absolute atomic E-state index is 11.9. The van der Waals surface area contributed by atoms with Gasteiger partial charge >= 0.3 is 0 Å². The fourth-order valence-electron chi connectivity index (χ4n) is 2.48. The van der Waals surface area contributed by atoms with E-state index in [9.17, 15) is 4.79 Å². The second kappa shape index (κ2) is 7.67. The van der Waals surface area contributed by atoms with E-state index in [1.807, 2.05) is 18.7 Å². The first-order valence-corrected chi connectivity index (χ1v) is 6.82. The van der Waals surface area contributed by atoms with Crippen molar-refractivity contribution in [2.24, 2.45) is 5.92 Å². The Kier molecular flexibility index (Phi) is 6.52. The first-order chi connectivity index (χ1) is 8.21. The van der Waals surface area contributed by atoms with Crippen molar-refractivity contribution in [2.45, 2.75) is 33.1 Å². The summed E-state index contributed by atoms with van der Waals surface area (Å²) in [6.45, 7) is 8.50. The highest BCUT2D eigenvalue weighted by Gasteiger charge is 2.21. The normalized spacial score (nSPS) is 18.3. The molecule has 0 spiro atoms. The standard InChI is InChI=1S/C13H26N2O2/c1-3-15(4-2)13(17)11-14-8-5-12(6-9-14)7-10-16/h12,16H,3-11H2,1-2H3. The molecule has 17 heavy (non-hydrogen) atoms. The van der Waals surface area contributed by atoms with Gasteiger partial charge in [0.15, 0.2) is 0 Å². The van der Waals surface area contributed by atoms with Crippen molar-refractivity contribution in [1.82, 2.24) is 9.80 Å². The van der Waals surface area contributed by atoms with E-state index in [0.717, 1.165) is 45.4 Å². The molecule has 0 aromatic rings. The molecule has 1 N–H and O–H groups in total. The lowest BCUT2D eigenvalue weighted by molar-refractivity contribution is -0.132. The molecule has 4 heteroatoms. The maximum Gasteiger partial charge on any atom is 0.236 e. The molecule has 0 saturated carbocycles. The predicted octanol–water partition coefficient (Wildman–Crippen LogP) is 0.949. The van der Waals surface area contributed by atoms with E-state index < -0.39 is 0 Å². The molecule has 0 bridgehead atoms. The maximum atomic E-state index is 11.9. The van der Waals surface area contributed by atoms with Crippen LogP contribution in [0.2, 0.25) is 0 Å². The van der Waals surface area contributed by atoms with Crippen LogP contribution in [0.15, 0.2) is 0 Å². The number of nitrogens with zero attached hydrogens (tertiary/aromatic N) is 2. The number of piperidine rings is 1. The Morgan fingerprint density at radius 3 is 2.35 bits per heavy atom. The number of carbonyl (C=O) groups is 1. The zero-order valence-electron chi connectivity index (χ0n) is 11.2. The summed E-state index contributed by atoms with van der Waals surface area (Å²) in [5, 5.41) is 8.89. The molecule has 100 valence electrons. The van der Waals surface area contributed by atoms with Gasteiger partial charge in [-0.15, -0.1) is 0 Å². The quantitative estimate of drug-likeness (QED) is 0.754. The second-order valence-electron chi connectivity index (χ2n) is 4.80. The molecule has 0 aromatic carbocycles. The Hall–Kier alpha value is -0.610. The van der Waals surface area contributed by atoms with Crippen molar-refractivity contribution < 1.29 is 9.90 Å². The fourth-order valence-corrected chi connectivity index (χ4v) is 2.48. The summed E-state index contributed by atoms with van der Waals surface area (Å²) in [5.74, 6) is 0.899. The molecule has 1 saturated heterocycles. The van der Waals surface area contributed by atoms with Crippen molar-refractivity contribution in [1.29, 1.82) is 0 Å². The van der Waals surface area contributed by atoms with Crippen LogP contribution in [-0.2, 0) is 4.79 Å². The van der Waals surface area contributed by atoms with Crippen molar-refractivity contribution in [3.63, 3.8) is 0 Å². The van der Waals surface area contributed by atoms with Crippen LogP contribution in [0, 0.1) is 5.92 Å². The minimum atomic E-state index is 0.246. The third-order valence-electron chi connectivity index (χ3n) is 3.72. The summed E-state index contributed by atoms with van der Waals surface area (Å²) >= 11 is 0. The molecule has 0 atom stereocenters. The van der Waals surface area contributed by atoms with Gasteiger partial charge in [0.05, 0.1) is 6.54 Å². The highest BCUT2D eigenvalue weighted by Crippen LogP contribution is 2.19. The van der Waals surface area contributed by atoms with Gasteiger partial charge in [0.1, 0.15) is 0 Å². The molecule has 0 radical (unpaired) electrons. The van der Waals surface area contributed by atoms with Gasteiger partial charge in [-0.2, -0.15) is 0 Å². The molecule has 0 unspecified atom stereocenters. The van der Waals surface area contributed by atoms with Crippen molar-refractivity contribution >= 4 is 5.91 Å². The number of rotatable bonds is 6. The largest absolute Gasteiger partial charge is 0.396 e. The number of hydrogen-bond acceptors (Lipinski definition) is 3. The smallest absolute Gasteiger partial charge is 0.236 e. The topological polar surface area (TPSA) is 43.8 Å². The molecule has 0 aliphatic carbocycles. The molecule has 1 heterocycles. The SMILES string of the molecule is CCN(CC)C(=O)CN1CCC(CCO)CC1. The Morgan fingerprint density at radius 1 is 1.29 bits per heavy atom. The Morgan fingerprint density at radius 2 is 1.88 bits per heavy atom. The van der Waals surface area contributed by atoms with Crippen LogP contribution in [0.1, 0.15) is 33.1 Å². The molecule has 1 fully saturated rings. The van der Waals surface area contributed by atoms with E-state index >= 15 is 0 Å². The third-order valence-corrected chi connectivity index (χ3v) is 3.72. The van der Waals surface area contributed by atoms with E-state index in [2.05, 4.69) is 4.90 Å². The third kappa shape index (κ3) is 4.64. The van der Waals surface area contributed by atoms with Gasteiger partial charge in [-0.1, -0.05) is 0 Å². The number of carbonyl (C=O) groups excluding carboxylic acids is 1. The molecule has 1 rings (SSSR count). The molecule has 0 aromatic heterocycles. The van der Waals surface area contributed by atoms with Gasteiger partial charge in [-0.25, -0.2) is 0 Å². The number of amides is 1. The molecule has 1 aliphatic rings. The lowest BCUT2D eigenvalue weighted by atomic mass is 9.94.